The van der Waals surface area contributed by atoms with Crippen LogP contribution in [0.15, 0.2) is 48.5 Å². The zero-order chi connectivity index (χ0) is 19.7. The molecule has 140 valence electrons. The van der Waals surface area contributed by atoms with Crippen LogP contribution in [-0.2, 0) is 12.8 Å². The van der Waals surface area contributed by atoms with Gasteiger partial charge >= 0.3 is 0 Å². The summed E-state index contributed by atoms with van der Waals surface area (Å²) in [6, 6.07) is 15.2. The van der Waals surface area contributed by atoms with Crippen LogP contribution in [0, 0.1) is 23.5 Å². The van der Waals surface area contributed by atoms with Crippen LogP contribution in [0.5, 0.6) is 0 Å². The number of rotatable bonds is 3. The average Bonchev–Trinajstić information content (AvgIpc) is 3.05. The summed E-state index contributed by atoms with van der Waals surface area (Å²) in [4.78, 5) is 0. The summed E-state index contributed by atoms with van der Waals surface area (Å²) in [6.45, 7) is 2.21. The molecule has 3 aromatic carbocycles. The van der Waals surface area contributed by atoms with Crippen molar-refractivity contribution < 1.29 is 8.78 Å². The first-order valence-electron chi connectivity index (χ1n) is 9.47. The number of halogens is 3. The standard InChI is InChI=1S/C25H19ClF2/c1-2-3-4-16-7-9-21-19(11-16)15-20-12-17(8-10-22(20)21)5-6-18-13-23(27)25(26)24(28)14-18/h7-14H,2-4,15H2,1H3. The Hall–Kier alpha value is -2.63. The minimum atomic E-state index is -0.797. The maximum atomic E-state index is 13.6. The van der Waals surface area contributed by atoms with E-state index in [0.717, 1.165) is 30.5 Å². The molecule has 0 heterocycles. The van der Waals surface area contributed by atoms with Crippen molar-refractivity contribution in [3.05, 3.63) is 93.0 Å². The van der Waals surface area contributed by atoms with Gasteiger partial charge in [0, 0.05) is 11.1 Å². The van der Waals surface area contributed by atoms with Gasteiger partial charge in [0.25, 0.3) is 0 Å². The highest BCUT2D eigenvalue weighted by atomic mass is 35.5. The van der Waals surface area contributed by atoms with Gasteiger partial charge < -0.3 is 0 Å². The van der Waals surface area contributed by atoms with Crippen LogP contribution in [0.25, 0.3) is 11.1 Å². The van der Waals surface area contributed by atoms with Crippen molar-refractivity contribution in [3.8, 4) is 23.0 Å². The fraction of sp³-hybridized carbons (Fsp3) is 0.200. The molecule has 0 amide bonds. The summed E-state index contributed by atoms with van der Waals surface area (Å²) in [5.74, 6) is 4.24. The lowest BCUT2D eigenvalue weighted by Crippen LogP contribution is -1.88. The van der Waals surface area contributed by atoms with Gasteiger partial charge in [0.05, 0.1) is 0 Å². The van der Waals surface area contributed by atoms with Gasteiger partial charge in [0.2, 0.25) is 0 Å². The van der Waals surface area contributed by atoms with E-state index in [1.165, 1.54) is 40.7 Å². The number of fused-ring (bicyclic) bond motifs is 3. The van der Waals surface area contributed by atoms with E-state index < -0.39 is 16.7 Å². The molecule has 0 atom stereocenters. The maximum Gasteiger partial charge on any atom is 0.146 e. The lowest BCUT2D eigenvalue weighted by Gasteiger charge is -2.04. The second-order valence-corrected chi connectivity index (χ2v) is 7.53. The summed E-state index contributed by atoms with van der Waals surface area (Å²) in [7, 11) is 0. The lowest BCUT2D eigenvalue weighted by atomic mass is 10.0. The van der Waals surface area contributed by atoms with E-state index in [-0.39, 0.29) is 5.56 Å². The zero-order valence-corrected chi connectivity index (χ0v) is 16.3. The Balaban J connectivity index is 1.60. The highest BCUT2D eigenvalue weighted by molar-refractivity contribution is 6.30. The minimum absolute atomic E-state index is 0.267. The number of unbranched alkanes of at least 4 members (excludes halogenated alkanes) is 1. The summed E-state index contributed by atoms with van der Waals surface area (Å²) in [5, 5.41) is -0.501. The Bertz CT molecular complexity index is 1100. The molecule has 0 aromatic heterocycles. The monoisotopic (exact) mass is 392 g/mol. The van der Waals surface area contributed by atoms with Crippen LogP contribution in [-0.4, -0.2) is 0 Å². The molecule has 4 rings (SSSR count). The first-order chi connectivity index (χ1) is 13.5. The van der Waals surface area contributed by atoms with Crippen LogP contribution in [0.2, 0.25) is 5.02 Å². The highest BCUT2D eigenvalue weighted by Gasteiger charge is 2.18. The summed E-state index contributed by atoms with van der Waals surface area (Å²) in [6.07, 6.45) is 4.41. The van der Waals surface area contributed by atoms with E-state index in [2.05, 4.69) is 49.1 Å². The first kappa shape index (κ1) is 18.7. The maximum absolute atomic E-state index is 13.6. The Kier molecular flexibility index (Phi) is 5.20. The van der Waals surface area contributed by atoms with Crippen molar-refractivity contribution in [3.63, 3.8) is 0 Å². The lowest BCUT2D eigenvalue weighted by molar-refractivity contribution is 0.583. The molecule has 28 heavy (non-hydrogen) atoms. The predicted octanol–water partition coefficient (Wildman–Crippen LogP) is 6.93. The Morgan fingerprint density at radius 3 is 2.21 bits per heavy atom. The van der Waals surface area contributed by atoms with Crippen molar-refractivity contribution in [2.45, 2.75) is 32.6 Å². The molecule has 0 bridgehead atoms. The normalized spacial score (nSPS) is 11.6. The Morgan fingerprint density at radius 1 is 0.857 bits per heavy atom. The van der Waals surface area contributed by atoms with Crippen molar-refractivity contribution in [1.82, 2.24) is 0 Å². The second kappa shape index (κ2) is 7.78. The molecule has 0 radical (unpaired) electrons. The van der Waals surface area contributed by atoms with E-state index in [1.54, 1.807) is 0 Å². The third kappa shape index (κ3) is 3.68. The Labute approximate surface area is 169 Å². The summed E-state index contributed by atoms with van der Waals surface area (Å²) < 4.78 is 27.1. The summed E-state index contributed by atoms with van der Waals surface area (Å²) >= 11 is 5.52. The van der Waals surface area contributed by atoms with E-state index in [0.29, 0.717) is 0 Å². The number of hydrogen-bond donors (Lipinski definition) is 0. The van der Waals surface area contributed by atoms with Crippen LogP contribution in [0.4, 0.5) is 8.78 Å². The van der Waals surface area contributed by atoms with Crippen LogP contribution in [0.3, 0.4) is 0 Å². The number of benzene rings is 3. The molecule has 0 nitrogen and oxygen atoms in total. The fourth-order valence-corrected chi connectivity index (χ4v) is 3.76. The highest BCUT2D eigenvalue weighted by Crippen LogP contribution is 2.37. The van der Waals surface area contributed by atoms with Crippen molar-refractivity contribution in [2.24, 2.45) is 0 Å². The molecule has 3 aromatic rings. The minimum Gasteiger partial charge on any atom is -0.205 e. The van der Waals surface area contributed by atoms with E-state index >= 15 is 0 Å². The van der Waals surface area contributed by atoms with Crippen molar-refractivity contribution >= 4 is 11.6 Å². The SMILES string of the molecule is CCCCc1ccc2c(c1)Cc1cc(C#Cc3cc(F)c(Cl)c(F)c3)ccc1-2. The molecular formula is C25H19ClF2. The number of aryl methyl sites for hydroxylation is 1. The molecule has 1 aliphatic rings. The Morgan fingerprint density at radius 2 is 1.50 bits per heavy atom. The molecule has 0 spiro atoms. The van der Waals surface area contributed by atoms with Gasteiger partial charge in [0.1, 0.15) is 16.7 Å². The molecule has 0 N–H and O–H groups in total. The van der Waals surface area contributed by atoms with Gasteiger partial charge in [-0.15, -0.1) is 0 Å². The van der Waals surface area contributed by atoms with Gasteiger partial charge in [-0.2, -0.15) is 0 Å². The quantitative estimate of drug-likeness (QED) is 0.262. The molecule has 0 unspecified atom stereocenters. The van der Waals surface area contributed by atoms with Crippen molar-refractivity contribution in [1.29, 1.82) is 0 Å². The number of hydrogen-bond acceptors (Lipinski definition) is 0. The fourth-order valence-electron chi connectivity index (χ4n) is 3.65. The predicted molar refractivity (Wildman–Crippen MR) is 111 cm³/mol. The van der Waals surface area contributed by atoms with Gasteiger partial charge in [-0.1, -0.05) is 61.1 Å². The molecular weight excluding hydrogens is 374 g/mol. The molecule has 1 aliphatic carbocycles. The first-order valence-corrected chi connectivity index (χ1v) is 9.84. The van der Waals surface area contributed by atoms with E-state index in [1.807, 2.05) is 6.07 Å². The van der Waals surface area contributed by atoms with Gasteiger partial charge in [-0.05, 0) is 71.3 Å². The largest absolute Gasteiger partial charge is 0.205 e. The van der Waals surface area contributed by atoms with Crippen LogP contribution < -0.4 is 0 Å². The smallest absolute Gasteiger partial charge is 0.146 e. The zero-order valence-electron chi connectivity index (χ0n) is 15.6. The second-order valence-electron chi connectivity index (χ2n) is 7.15. The van der Waals surface area contributed by atoms with E-state index in [4.69, 9.17) is 11.6 Å². The molecule has 0 fully saturated rings. The third-order valence-corrected chi connectivity index (χ3v) is 5.46. The van der Waals surface area contributed by atoms with Crippen molar-refractivity contribution in [2.75, 3.05) is 0 Å². The van der Waals surface area contributed by atoms with Crippen LogP contribution in [0.1, 0.15) is 47.6 Å². The topological polar surface area (TPSA) is 0 Å². The van der Waals surface area contributed by atoms with Gasteiger partial charge in [-0.25, -0.2) is 8.78 Å². The molecule has 0 aliphatic heterocycles. The van der Waals surface area contributed by atoms with Gasteiger partial charge in [-0.3, -0.25) is 0 Å². The summed E-state index contributed by atoms with van der Waals surface area (Å²) in [5.41, 5.74) is 7.61. The van der Waals surface area contributed by atoms with Gasteiger partial charge in [0.15, 0.2) is 0 Å². The van der Waals surface area contributed by atoms with Crippen LogP contribution >= 0.6 is 11.6 Å². The van der Waals surface area contributed by atoms with E-state index in [9.17, 15) is 8.78 Å². The third-order valence-electron chi connectivity index (χ3n) is 5.10. The molecule has 0 saturated carbocycles. The molecule has 3 heteroatoms. The molecule has 0 saturated heterocycles. The average molecular weight is 393 g/mol.